The second kappa shape index (κ2) is 4.94. The Morgan fingerprint density at radius 3 is 2.85 bits per heavy atom. The molecule has 2 atom stereocenters. The van der Waals surface area contributed by atoms with Crippen LogP contribution < -0.4 is 5.73 Å². The molecule has 1 aromatic heterocycles. The van der Waals surface area contributed by atoms with Crippen molar-refractivity contribution in [1.29, 1.82) is 0 Å². The number of pyridine rings is 1. The minimum atomic E-state index is -0.486. The Labute approximate surface area is 78.6 Å². The van der Waals surface area contributed by atoms with Gasteiger partial charge in [-0.3, -0.25) is 4.98 Å². The standard InChI is InChI=1S/C10H16N2O/c1-2-9(11)10(13)7-8-5-3-4-6-12-8/h3-6,9-10,13H,2,7,11H2,1H3. The van der Waals surface area contributed by atoms with E-state index >= 15 is 0 Å². The Balaban J connectivity index is 2.50. The highest BCUT2D eigenvalue weighted by Crippen LogP contribution is 2.03. The van der Waals surface area contributed by atoms with E-state index in [1.54, 1.807) is 6.20 Å². The zero-order valence-corrected chi connectivity index (χ0v) is 7.85. The van der Waals surface area contributed by atoms with E-state index in [1.807, 2.05) is 25.1 Å². The largest absolute Gasteiger partial charge is 0.391 e. The number of nitrogens with zero attached hydrogens (tertiary/aromatic N) is 1. The number of aliphatic hydroxyl groups excluding tert-OH is 1. The molecule has 0 saturated carbocycles. The fourth-order valence-electron chi connectivity index (χ4n) is 1.16. The SMILES string of the molecule is CCC(N)C(O)Cc1ccccn1. The Morgan fingerprint density at radius 1 is 1.54 bits per heavy atom. The van der Waals surface area contributed by atoms with E-state index in [1.165, 1.54) is 0 Å². The zero-order valence-electron chi connectivity index (χ0n) is 7.85. The van der Waals surface area contributed by atoms with Crippen LogP contribution in [0, 0.1) is 0 Å². The molecule has 1 aromatic rings. The lowest BCUT2D eigenvalue weighted by atomic mass is 10.0. The molecule has 0 radical (unpaired) electrons. The second-order valence-electron chi connectivity index (χ2n) is 3.16. The third kappa shape index (κ3) is 3.13. The first kappa shape index (κ1) is 10.2. The van der Waals surface area contributed by atoms with Gasteiger partial charge in [0.2, 0.25) is 0 Å². The van der Waals surface area contributed by atoms with E-state index in [-0.39, 0.29) is 6.04 Å². The predicted molar refractivity (Wildman–Crippen MR) is 52.2 cm³/mol. The lowest BCUT2D eigenvalue weighted by Crippen LogP contribution is -2.35. The summed E-state index contributed by atoms with van der Waals surface area (Å²) in [6.45, 7) is 1.96. The van der Waals surface area contributed by atoms with Crippen LogP contribution in [-0.4, -0.2) is 22.2 Å². The van der Waals surface area contributed by atoms with Crippen LogP contribution in [0.1, 0.15) is 19.0 Å². The van der Waals surface area contributed by atoms with Crippen molar-refractivity contribution in [1.82, 2.24) is 4.98 Å². The molecule has 0 aliphatic rings. The van der Waals surface area contributed by atoms with Crippen molar-refractivity contribution in [3.05, 3.63) is 30.1 Å². The van der Waals surface area contributed by atoms with Gasteiger partial charge in [0.25, 0.3) is 0 Å². The molecule has 0 amide bonds. The maximum absolute atomic E-state index is 9.61. The molecule has 0 bridgehead atoms. The van der Waals surface area contributed by atoms with E-state index in [9.17, 15) is 5.11 Å². The van der Waals surface area contributed by atoms with Crippen molar-refractivity contribution >= 4 is 0 Å². The highest BCUT2D eigenvalue weighted by atomic mass is 16.3. The summed E-state index contributed by atoms with van der Waals surface area (Å²) >= 11 is 0. The van der Waals surface area contributed by atoms with Crippen LogP contribution in [0.4, 0.5) is 0 Å². The molecule has 13 heavy (non-hydrogen) atoms. The molecule has 0 fully saturated rings. The van der Waals surface area contributed by atoms with Crippen LogP contribution in [0.5, 0.6) is 0 Å². The molecule has 3 N–H and O–H groups in total. The summed E-state index contributed by atoms with van der Waals surface area (Å²) in [5, 5.41) is 9.61. The molecule has 0 spiro atoms. The normalized spacial score (nSPS) is 15.3. The first-order chi connectivity index (χ1) is 6.24. The smallest absolute Gasteiger partial charge is 0.0746 e. The van der Waals surface area contributed by atoms with Crippen molar-refractivity contribution in [3.63, 3.8) is 0 Å². The highest BCUT2D eigenvalue weighted by molar-refractivity contribution is 5.05. The number of rotatable bonds is 4. The van der Waals surface area contributed by atoms with Gasteiger partial charge in [-0.2, -0.15) is 0 Å². The van der Waals surface area contributed by atoms with Crippen LogP contribution in [0.25, 0.3) is 0 Å². The Bertz CT molecular complexity index is 238. The molecule has 0 saturated heterocycles. The summed E-state index contributed by atoms with van der Waals surface area (Å²) in [6.07, 6.45) is 2.56. The number of hydrogen-bond acceptors (Lipinski definition) is 3. The van der Waals surface area contributed by atoms with Gasteiger partial charge >= 0.3 is 0 Å². The summed E-state index contributed by atoms with van der Waals surface area (Å²) < 4.78 is 0. The van der Waals surface area contributed by atoms with Gasteiger partial charge in [0.05, 0.1) is 6.10 Å². The van der Waals surface area contributed by atoms with E-state index in [0.717, 1.165) is 12.1 Å². The number of hydrogen-bond donors (Lipinski definition) is 2. The van der Waals surface area contributed by atoms with Gasteiger partial charge in [-0.05, 0) is 18.6 Å². The van der Waals surface area contributed by atoms with E-state index in [2.05, 4.69) is 4.98 Å². The van der Waals surface area contributed by atoms with Crippen molar-refractivity contribution < 1.29 is 5.11 Å². The van der Waals surface area contributed by atoms with Gasteiger partial charge in [0.1, 0.15) is 0 Å². The highest BCUT2D eigenvalue weighted by Gasteiger charge is 2.13. The molecule has 0 aromatic carbocycles. The molecule has 3 heteroatoms. The minimum Gasteiger partial charge on any atom is -0.391 e. The Kier molecular flexibility index (Phi) is 3.86. The number of aromatic nitrogens is 1. The first-order valence-corrected chi connectivity index (χ1v) is 4.57. The van der Waals surface area contributed by atoms with E-state index in [4.69, 9.17) is 5.73 Å². The Hall–Kier alpha value is -0.930. The lowest BCUT2D eigenvalue weighted by Gasteiger charge is -2.16. The summed E-state index contributed by atoms with van der Waals surface area (Å²) in [7, 11) is 0. The van der Waals surface area contributed by atoms with Crippen LogP contribution >= 0.6 is 0 Å². The molecule has 72 valence electrons. The molecule has 3 nitrogen and oxygen atoms in total. The zero-order chi connectivity index (χ0) is 9.68. The monoisotopic (exact) mass is 180 g/mol. The molecule has 1 rings (SSSR count). The third-order valence-electron chi connectivity index (χ3n) is 2.11. The first-order valence-electron chi connectivity index (χ1n) is 4.57. The quantitative estimate of drug-likeness (QED) is 0.718. The van der Waals surface area contributed by atoms with Gasteiger partial charge in [-0.1, -0.05) is 13.0 Å². The molecule has 1 heterocycles. The fourth-order valence-corrected chi connectivity index (χ4v) is 1.16. The molecular weight excluding hydrogens is 164 g/mol. The fraction of sp³-hybridized carbons (Fsp3) is 0.500. The number of nitrogens with two attached hydrogens (primary N) is 1. The minimum absolute atomic E-state index is 0.151. The average molecular weight is 180 g/mol. The molecular formula is C10H16N2O. The maximum atomic E-state index is 9.61. The summed E-state index contributed by atoms with van der Waals surface area (Å²) in [5.41, 5.74) is 6.57. The van der Waals surface area contributed by atoms with Gasteiger partial charge in [-0.25, -0.2) is 0 Å². The van der Waals surface area contributed by atoms with Crippen molar-refractivity contribution in [2.75, 3.05) is 0 Å². The van der Waals surface area contributed by atoms with Gasteiger partial charge in [0.15, 0.2) is 0 Å². The topological polar surface area (TPSA) is 59.1 Å². The van der Waals surface area contributed by atoms with Gasteiger partial charge < -0.3 is 10.8 Å². The Morgan fingerprint density at radius 2 is 2.31 bits per heavy atom. The van der Waals surface area contributed by atoms with Crippen LogP contribution in [0.3, 0.4) is 0 Å². The van der Waals surface area contributed by atoms with Gasteiger partial charge in [-0.15, -0.1) is 0 Å². The molecule has 0 aliphatic carbocycles. The average Bonchev–Trinajstić information content (AvgIpc) is 2.18. The van der Waals surface area contributed by atoms with Crippen LogP contribution in [0.2, 0.25) is 0 Å². The van der Waals surface area contributed by atoms with Crippen molar-refractivity contribution in [2.45, 2.75) is 31.9 Å². The molecule has 0 aliphatic heterocycles. The van der Waals surface area contributed by atoms with Gasteiger partial charge in [0, 0.05) is 24.4 Å². The summed E-state index contributed by atoms with van der Waals surface area (Å²) in [4.78, 5) is 4.12. The predicted octanol–water partition coefficient (Wildman–Crippen LogP) is 0.722. The van der Waals surface area contributed by atoms with Crippen LogP contribution in [-0.2, 0) is 6.42 Å². The van der Waals surface area contributed by atoms with Crippen LogP contribution in [0.15, 0.2) is 24.4 Å². The summed E-state index contributed by atoms with van der Waals surface area (Å²) in [6, 6.07) is 5.51. The number of aliphatic hydroxyl groups is 1. The van der Waals surface area contributed by atoms with E-state index in [0.29, 0.717) is 6.42 Å². The van der Waals surface area contributed by atoms with Crippen molar-refractivity contribution in [2.24, 2.45) is 5.73 Å². The lowest BCUT2D eigenvalue weighted by molar-refractivity contribution is 0.141. The molecule has 2 unspecified atom stereocenters. The third-order valence-corrected chi connectivity index (χ3v) is 2.11. The maximum Gasteiger partial charge on any atom is 0.0746 e. The second-order valence-corrected chi connectivity index (χ2v) is 3.16. The van der Waals surface area contributed by atoms with E-state index < -0.39 is 6.10 Å². The van der Waals surface area contributed by atoms with Crippen molar-refractivity contribution in [3.8, 4) is 0 Å². The summed E-state index contributed by atoms with van der Waals surface area (Å²) in [5.74, 6) is 0.